The lowest BCUT2D eigenvalue weighted by Crippen LogP contribution is -2.07. The summed E-state index contributed by atoms with van der Waals surface area (Å²) in [6.45, 7) is 0.470. The smallest absolute Gasteiger partial charge is 0.170 e. The lowest BCUT2D eigenvalue weighted by Gasteiger charge is -2.15. The Balaban J connectivity index is 2.25. The maximum atomic E-state index is 6.01. The molecule has 0 bridgehead atoms. The predicted octanol–water partition coefficient (Wildman–Crippen LogP) is 3.74. The zero-order valence-electron chi connectivity index (χ0n) is 11.4. The Morgan fingerprint density at radius 2 is 1.80 bits per heavy atom. The lowest BCUT2D eigenvalue weighted by molar-refractivity contribution is 0.286. The summed E-state index contributed by atoms with van der Waals surface area (Å²) < 4.78 is 16.5. The van der Waals surface area contributed by atoms with Gasteiger partial charge in [-0.3, -0.25) is 0 Å². The molecule has 2 aromatic rings. The molecule has 0 aromatic heterocycles. The Bertz CT molecular complexity index is 535. The number of methoxy groups -OCH3 is 2. The van der Waals surface area contributed by atoms with E-state index in [1.165, 1.54) is 0 Å². The summed E-state index contributed by atoms with van der Waals surface area (Å²) in [6, 6.07) is 13.6. The maximum Gasteiger partial charge on any atom is 0.170 e. The van der Waals surface area contributed by atoms with Gasteiger partial charge in [0.2, 0.25) is 0 Å². The van der Waals surface area contributed by atoms with Gasteiger partial charge in [0.25, 0.3) is 0 Å². The van der Waals surface area contributed by atoms with Crippen molar-refractivity contribution >= 4 is 24.5 Å². The fourth-order valence-corrected chi connectivity index (χ4v) is 2.69. The highest BCUT2D eigenvalue weighted by Crippen LogP contribution is 2.35. The molecule has 0 N–H and O–H groups in total. The van der Waals surface area contributed by atoms with Crippen molar-refractivity contribution in [1.82, 2.24) is 0 Å². The van der Waals surface area contributed by atoms with E-state index in [1.54, 1.807) is 20.3 Å². The van der Waals surface area contributed by atoms with Crippen LogP contribution in [0, 0.1) is 0 Å². The number of hydrogen-bond acceptors (Lipinski definition) is 3. The lowest BCUT2D eigenvalue weighted by atomic mass is 10.2. The van der Waals surface area contributed by atoms with E-state index >= 15 is 0 Å². The molecule has 1 unspecified atom stereocenters. The van der Waals surface area contributed by atoms with Crippen LogP contribution in [0.1, 0.15) is 5.56 Å². The fourth-order valence-electron chi connectivity index (χ4n) is 1.80. The van der Waals surface area contributed by atoms with E-state index in [0.717, 1.165) is 10.9 Å². The van der Waals surface area contributed by atoms with E-state index in [1.807, 2.05) is 36.4 Å². The Labute approximate surface area is 125 Å². The quantitative estimate of drug-likeness (QED) is 0.761. The summed E-state index contributed by atoms with van der Waals surface area (Å²) in [5.74, 6) is 2.01. The van der Waals surface area contributed by atoms with E-state index < -0.39 is 0 Å². The Hall–Kier alpha value is -1.44. The molecule has 0 radical (unpaired) electrons. The van der Waals surface area contributed by atoms with Gasteiger partial charge in [0, 0.05) is 19.3 Å². The van der Waals surface area contributed by atoms with Crippen LogP contribution in [0.25, 0.3) is 0 Å². The van der Waals surface area contributed by atoms with Crippen LogP contribution in [0.4, 0.5) is 0 Å². The SMILES string of the molecule is COc1cc(OC)c(OCc2ccccc2)c(PCl)c1. The molecule has 5 heteroatoms. The average molecular weight is 311 g/mol. The summed E-state index contributed by atoms with van der Waals surface area (Å²) >= 11 is 6.01. The van der Waals surface area contributed by atoms with Crippen LogP contribution in [-0.4, -0.2) is 14.2 Å². The van der Waals surface area contributed by atoms with Gasteiger partial charge < -0.3 is 14.2 Å². The molecule has 106 valence electrons. The molecule has 2 aromatic carbocycles. The summed E-state index contributed by atoms with van der Waals surface area (Å²) in [5.41, 5.74) is 1.09. The molecule has 0 saturated carbocycles. The van der Waals surface area contributed by atoms with Crippen LogP contribution in [0.5, 0.6) is 17.2 Å². The predicted molar refractivity (Wildman–Crippen MR) is 84.1 cm³/mol. The Morgan fingerprint density at radius 1 is 1.05 bits per heavy atom. The number of rotatable bonds is 6. The highest BCUT2D eigenvalue weighted by molar-refractivity contribution is 7.75. The summed E-state index contributed by atoms with van der Waals surface area (Å²) in [4.78, 5) is 0. The molecular formula is C15H16ClO3P. The number of halogens is 1. The molecule has 3 nitrogen and oxygen atoms in total. The molecule has 20 heavy (non-hydrogen) atoms. The van der Waals surface area contributed by atoms with Crippen LogP contribution in [-0.2, 0) is 6.61 Å². The largest absolute Gasteiger partial charge is 0.497 e. The van der Waals surface area contributed by atoms with Crippen molar-refractivity contribution in [2.45, 2.75) is 6.61 Å². The third-order valence-electron chi connectivity index (χ3n) is 2.81. The number of hydrogen-bond donors (Lipinski definition) is 0. The second kappa shape index (κ2) is 7.37. The minimum atomic E-state index is 0.0824. The van der Waals surface area contributed by atoms with Crippen LogP contribution in [0.2, 0.25) is 0 Å². The van der Waals surface area contributed by atoms with Gasteiger partial charge in [0.1, 0.15) is 12.4 Å². The first-order chi connectivity index (χ1) is 9.78. The van der Waals surface area contributed by atoms with Crippen LogP contribution >= 0.6 is 19.2 Å². The van der Waals surface area contributed by atoms with Crippen molar-refractivity contribution in [3.8, 4) is 17.2 Å². The minimum absolute atomic E-state index is 0.0824. The van der Waals surface area contributed by atoms with E-state index in [9.17, 15) is 0 Å². The van der Waals surface area contributed by atoms with Gasteiger partial charge in [-0.1, -0.05) is 41.6 Å². The fraction of sp³-hybridized carbons (Fsp3) is 0.200. The second-order valence-electron chi connectivity index (χ2n) is 4.08. The molecule has 0 aliphatic heterocycles. The number of ether oxygens (including phenoxy) is 3. The normalized spacial score (nSPS) is 10.8. The molecule has 0 saturated heterocycles. The highest BCUT2D eigenvalue weighted by atomic mass is 35.7. The molecule has 0 amide bonds. The van der Waals surface area contributed by atoms with Crippen LogP contribution in [0.15, 0.2) is 42.5 Å². The minimum Gasteiger partial charge on any atom is -0.497 e. The van der Waals surface area contributed by atoms with E-state index in [2.05, 4.69) is 0 Å². The van der Waals surface area contributed by atoms with Gasteiger partial charge >= 0.3 is 0 Å². The Morgan fingerprint density at radius 3 is 2.40 bits per heavy atom. The van der Waals surface area contributed by atoms with Crippen molar-refractivity contribution in [3.05, 3.63) is 48.0 Å². The summed E-state index contributed by atoms with van der Waals surface area (Å²) in [6.07, 6.45) is 0. The molecule has 0 heterocycles. The van der Waals surface area contributed by atoms with Gasteiger partial charge in [-0.25, -0.2) is 0 Å². The van der Waals surface area contributed by atoms with Crippen molar-refractivity contribution in [2.75, 3.05) is 14.2 Å². The molecule has 1 atom stereocenters. The second-order valence-corrected chi connectivity index (χ2v) is 5.37. The third kappa shape index (κ3) is 3.56. The van der Waals surface area contributed by atoms with Crippen LogP contribution in [0.3, 0.4) is 0 Å². The Kier molecular flexibility index (Phi) is 5.51. The van der Waals surface area contributed by atoms with Gasteiger partial charge in [0.15, 0.2) is 11.5 Å². The van der Waals surface area contributed by atoms with Crippen molar-refractivity contribution in [3.63, 3.8) is 0 Å². The molecular weight excluding hydrogens is 295 g/mol. The number of benzene rings is 2. The summed E-state index contributed by atoms with van der Waals surface area (Å²) in [5, 5.41) is 0.874. The van der Waals surface area contributed by atoms with Gasteiger partial charge in [-0.2, -0.15) is 0 Å². The molecule has 0 fully saturated rings. The molecule has 2 rings (SSSR count). The maximum absolute atomic E-state index is 6.01. The van der Waals surface area contributed by atoms with E-state index in [4.69, 9.17) is 25.5 Å². The van der Waals surface area contributed by atoms with Crippen LogP contribution < -0.4 is 19.5 Å². The van der Waals surface area contributed by atoms with E-state index in [0.29, 0.717) is 23.9 Å². The first-order valence-corrected chi connectivity index (χ1v) is 8.09. The third-order valence-corrected chi connectivity index (χ3v) is 4.00. The van der Waals surface area contributed by atoms with E-state index in [-0.39, 0.29) is 7.93 Å². The first-order valence-electron chi connectivity index (χ1n) is 6.08. The average Bonchev–Trinajstić information content (AvgIpc) is 2.52. The summed E-state index contributed by atoms with van der Waals surface area (Å²) in [7, 11) is 3.30. The van der Waals surface area contributed by atoms with Gasteiger partial charge in [-0.05, 0) is 11.6 Å². The van der Waals surface area contributed by atoms with Crippen molar-refractivity contribution in [2.24, 2.45) is 0 Å². The molecule has 0 aliphatic carbocycles. The zero-order valence-corrected chi connectivity index (χ0v) is 13.1. The first kappa shape index (κ1) is 15.0. The zero-order chi connectivity index (χ0) is 14.4. The monoisotopic (exact) mass is 310 g/mol. The molecule has 0 aliphatic rings. The standard InChI is InChI=1S/C15H16ClO3P/c1-17-12-8-13(18-2)15(14(9-12)20-16)19-10-11-6-4-3-5-7-11/h3-9,20H,10H2,1-2H3. The van der Waals surface area contributed by atoms with Gasteiger partial charge in [0.05, 0.1) is 14.2 Å². The highest BCUT2D eigenvalue weighted by Gasteiger charge is 2.13. The van der Waals surface area contributed by atoms with Gasteiger partial charge in [-0.15, -0.1) is 0 Å². The topological polar surface area (TPSA) is 27.7 Å². The van der Waals surface area contributed by atoms with Crippen molar-refractivity contribution < 1.29 is 14.2 Å². The molecule has 0 spiro atoms. The van der Waals surface area contributed by atoms with Crippen molar-refractivity contribution in [1.29, 1.82) is 0 Å².